The Balaban J connectivity index is 2.11. The predicted octanol–water partition coefficient (Wildman–Crippen LogP) is 2.36. The molecule has 1 aromatic rings. The van der Waals surface area contributed by atoms with Crippen molar-refractivity contribution in [1.29, 1.82) is 0 Å². The molecule has 18 heavy (non-hydrogen) atoms. The SMILES string of the molecule is O=C(O)N1CCSC(c2ccc([N+](=O)[O-])cc2)C1. The molecule has 1 atom stereocenters. The van der Waals surface area contributed by atoms with Crippen molar-refractivity contribution in [2.45, 2.75) is 5.25 Å². The molecule has 0 aliphatic carbocycles. The molecule has 96 valence electrons. The van der Waals surface area contributed by atoms with Crippen molar-refractivity contribution in [2.24, 2.45) is 0 Å². The van der Waals surface area contributed by atoms with Crippen molar-refractivity contribution in [3.63, 3.8) is 0 Å². The van der Waals surface area contributed by atoms with Crippen molar-refractivity contribution in [1.82, 2.24) is 4.90 Å². The number of non-ortho nitro benzene ring substituents is 1. The molecular formula is C11H12N2O4S. The number of thioether (sulfide) groups is 1. The maximum Gasteiger partial charge on any atom is 0.407 e. The Kier molecular flexibility index (Phi) is 3.71. The van der Waals surface area contributed by atoms with Crippen LogP contribution in [-0.4, -0.2) is 39.9 Å². The molecule has 0 radical (unpaired) electrons. The molecule has 1 aliphatic rings. The van der Waals surface area contributed by atoms with E-state index in [-0.39, 0.29) is 10.9 Å². The first-order chi connectivity index (χ1) is 8.58. The Labute approximate surface area is 108 Å². The average molecular weight is 268 g/mol. The van der Waals surface area contributed by atoms with E-state index in [0.29, 0.717) is 13.1 Å². The number of carboxylic acid groups (broad SMARTS) is 1. The lowest BCUT2D eigenvalue weighted by Crippen LogP contribution is -2.38. The molecule has 0 aromatic heterocycles. The first-order valence-corrected chi connectivity index (χ1v) is 6.46. The van der Waals surface area contributed by atoms with Gasteiger partial charge in [-0.2, -0.15) is 11.8 Å². The van der Waals surface area contributed by atoms with Crippen LogP contribution < -0.4 is 0 Å². The van der Waals surface area contributed by atoms with E-state index in [9.17, 15) is 14.9 Å². The van der Waals surface area contributed by atoms with Crippen LogP contribution in [0.15, 0.2) is 24.3 Å². The zero-order chi connectivity index (χ0) is 13.1. The zero-order valence-electron chi connectivity index (χ0n) is 9.48. The molecule has 0 bridgehead atoms. The lowest BCUT2D eigenvalue weighted by atomic mass is 10.1. The number of hydrogen-bond donors (Lipinski definition) is 1. The number of benzene rings is 1. The highest BCUT2D eigenvalue weighted by molar-refractivity contribution is 7.99. The number of nitro groups is 1. The lowest BCUT2D eigenvalue weighted by molar-refractivity contribution is -0.384. The molecule has 0 spiro atoms. The van der Waals surface area contributed by atoms with Gasteiger partial charge in [0.1, 0.15) is 0 Å². The Hall–Kier alpha value is -1.76. The maximum absolute atomic E-state index is 10.9. The molecule has 1 amide bonds. The van der Waals surface area contributed by atoms with Crippen LogP contribution >= 0.6 is 11.8 Å². The highest BCUT2D eigenvalue weighted by Crippen LogP contribution is 2.33. The second-order valence-corrected chi connectivity index (χ2v) is 5.25. The normalized spacial score (nSPS) is 19.6. The van der Waals surface area contributed by atoms with E-state index >= 15 is 0 Å². The van der Waals surface area contributed by atoms with Crippen LogP contribution in [0.25, 0.3) is 0 Å². The van der Waals surface area contributed by atoms with Crippen LogP contribution in [-0.2, 0) is 0 Å². The van der Waals surface area contributed by atoms with Gasteiger partial charge < -0.3 is 10.0 Å². The van der Waals surface area contributed by atoms with E-state index < -0.39 is 11.0 Å². The lowest BCUT2D eigenvalue weighted by Gasteiger charge is -2.30. The summed E-state index contributed by atoms with van der Waals surface area (Å²) in [4.78, 5) is 22.4. The molecule has 1 aliphatic heterocycles. The summed E-state index contributed by atoms with van der Waals surface area (Å²) in [7, 11) is 0. The summed E-state index contributed by atoms with van der Waals surface area (Å²) < 4.78 is 0. The molecule has 1 fully saturated rings. The van der Waals surface area contributed by atoms with Gasteiger partial charge in [-0.3, -0.25) is 10.1 Å². The van der Waals surface area contributed by atoms with Gasteiger partial charge >= 0.3 is 6.09 Å². The third-order valence-corrected chi connectivity index (χ3v) is 4.05. The average Bonchev–Trinajstić information content (AvgIpc) is 2.39. The van der Waals surface area contributed by atoms with Gasteiger partial charge in [-0.25, -0.2) is 4.79 Å². The second kappa shape index (κ2) is 5.26. The standard InChI is InChI=1S/C11H12N2O4S/c14-11(15)12-5-6-18-10(7-12)8-1-3-9(4-2-8)13(16)17/h1-4,10H,5-7H2,(H,14,15). The van der Waals surface area contributed by atoms with Crippen LogP contribution in [0.2, 0.25) is 0 Å². The minimum atomic E-state index is -0.915. The maximum atomic E-state index is 10.9. The van der Waals surface area contributed by atoms with Crippen LogP contribution in [0.3, 0.4) is 0 Å². The monoisotopic (exact) mass is 268 g/mol. The number of nitro benzene ring substituents is 1. The highest BCUT2D eigenvalue weighted by atomic mass is 32.2. The third kappa shape index (κ3) is 2.73. The third-order valence-electron chi connectivity index (χ3n) is 2.81. The Morgan fingerprint density at radius 1 is 1.44 bits per heavy atom. The minimum absolute atomic E-state index is 0.0506. The van der Waals surface area contributed by atoms with E-state index in [1.54, 1.807) is 23.9 Å². The van der Waals surface area contributed by atoms with Crippen LogP contribution in [0.4, 0.5) is 10.5 Å². The number of carbonyl (C=O) groups is 1. The molecule has 1 N–H and O–H groups in total. The van der Waals surface area contributed by atoms with Crippen molar-refractivity contribution >= 4 is 23.5 Å². The first-order valence-electron chi connectivity index (χ1n) is 5.42. The van der Waals surface area contributed by atoms with Gasteiger partial charge in [0.15, 0.2) is 0 Å². The van der Waals surface area contributed by atoms with Crippen molar-refractivity contribution in [3.8, 4) is 0 Å². The summed E-state index contributed by atoms with van der Waals surface area (Å²) >= 11 is 1.68. The molecule has 1 saturated heterocycles. The molecule has 1 heterocycles. The van der Waals surface area contributed by atoms with Gasteiger partial charge in [0.25, 0.3) is 5.69 Å². The Bertz CT molecular complexity index is 463. The highest BCUT2D eigenvalue weighted by Gasteiger charge is 2.25. The summed E-state index contributed by atoms with van der Waals surface area (Å²) in [5.74, 6) is 0.744. The summed E-state index contributed by atoms with van der Waals surface area (Å²) in [5.41, 5.74) is 0.978. The van der Waals surface area contributed by atoms with Gasteiger partial charge in [0, 0.05) is 36.2 Å². The second-order valence-electron chi connectivity index (χ2n) is 3.94. The van der Waals surface area contributed by atoms with Crippen molar-refractivity contribution < 1.29 is 14.8 Å². The number of hydrogen-bond acceptors (Lipinski definition) is 4. The van der Waals surface area contributed by atoms with E-state index in [4.69, 9.17) is 5.11 Å². The van der Waals surface area contributed by atoms with E-state index in [1.807, 2.05) is 0 Å². The fourth-order valence-electron chi connectivity index (χ4n) is 1.84. The molecule has 0 saturated carbocycles. The molecule has 1 unspecified atom stereocenters. The van der Waals surface area contributed by atoms with E-state index in [0.717, 1.165) is 11.3 Å². The molecule has 1 aromatic carbocycles. The van der Waals surface area contributed by atoms with Gasteiger partial charge in [0.2, 0.25) is 0 Å². The minimum Gasteiger partial charge on any atom is -0.465 e. The fourth-order valence-corrected chi connectivity index (χ4v) is 3.08. The zero-order valence-corrected chi connectivity index (χ0v) is 10.3. The summed E-state index contributed by atoms with van der Waals surface area (Å²) in [6.45, 7) is 0.960. The van der Waals surface area contributed by atoms with Crippen molar-refractivity contribution in [3.05, 3.63) is 39.9 Å². The van der Waals surface area contributed by atoms with E-state index in [1.165, 1.54) is 17.0 Å². The van der Waals surface area contributed by atoms with Crippen LogP contribution in [0.1, 0.15) is 10.8 Å². The summed E-state index contributed by atoms with van der Waals surface area (Å²) in [5, 5.41) is 19.5. The number of amides is 1. The Morgan fingerprint density at radius 3 is 2.67 bits per heavy atom. The largest absolute Gasteiger partial charge is 0.465 e. The molecular weight excluding hydrogens is 256 g/mol. The molecule has 7 heteroatoms. The van der Waals surface area contributed by atoms with Crippen molar-refractivity contribution in [2.75, 3.05) is 18.8 Å². The molecule has 2 rings (SSSR count). The van der Waals surface area contributed by atoms with Gasteiger partial charge in [-0.1, -0.05) is 12.1 Å². The van der Waals surface area contributed by atoms with Gasteiger partial charge in [-0.15, -0.1) is 0 Å². The fraction of sp³-hybridized carbons (Fsp3) is 0.364. The first kappa shape index (κ1) is 12.7. The van der Waals surface area contributed by atoms with Crippen LogP contribution in [0, 0.1) is 10.1 Å². The quantitative estimate of drug-likeness (QED) is 0.657. The summed E-state index contributed by atoms with van der Waals surface area (Å²) in [6, 6.07) is 6.30. The summed E-state index contributed by atoms with van der Waals surface area (Å²) in [6.07, 6.45) is -0.915. The van der Waals surface area contributed by atoms with Gasteiger partial charge in [0.05, 0.1) is 4.92 Å². The predicted molar refractivity (Wildman–Crippen MR) is 67.9 cm³/mol. The number of nitrogens with zero attached hydrogens (tertiary/aromatic N) is 2. The van der Waals surface area contributed by atoms with Crippen LogP contribution in [0.5, 0.6) is 0 Å². The Morgan fingerprint density at radius 2 is 2.11 bits per heavy atom. The van der Waals surface area contributed by atoms with E-state index in [2.05, 4.69) is 0 Å². The smallest absolute Gasteiger partial charge is 0.407 e. The number of rotatable bonds is 2. The molecule has 6 nitrogen and oxygen atoms in total. The van der Waals surface area contributed by atoms with Gasteiger partial charge in [-0.05, 0) is 5.56 Å². The topological polar surface area (TPSA) is 83.7 Å².